The number of carbonyl (C=O) groups is 2. The number of hydrogen-bond acceptors (Lipinski definition) is 6. The van der Waals surface area contributed by atoms with Crippen LogP contribution in [0.3, 0.4) is 0 Å². The molecule has 6 heteroatoms. The molecule has 0 amide bonds. The highest BCUT2D eigenvalue weighted by molar-refractivity contribution is 5.92. The van der Waals surface area contributed by atoms with Crippen molar-refractivity contribution in [3.63, 3.8) is 0 Å². The van der Waals surface area contributed by atoms with Gasteiger partial charge < -0.3 is 19.1 Å². The molecule has 0 heterocycles. The summed E-state index contributed by atoms with van der Waals surface area (Å²) in [6.45, 7) is 5.19. The molecule has 0 bridgehead atoms. The molecule has 0 saturated heterocycles. The zero-order chi connectivity index (χ0) is 31.8. The molecule has 0 spiro atoms. The van der Waals surface area contributed by atoms with Gasteiger partial charge in [0.1, 0.15) is 11.5 Å². The maximum Gasteiger partial charge on any atom is 0.514 e. The third-order valence-electron chi connectivity index (χ3n) is 7.21. The lowest BCUT2D eigenvalue weighted by molar-refractivity contribution is -0.120. The van der Waals surface area contributed by atoms with Crippen LogP contribution in [-0.4, -0.2) is 25.7 Å². The maximum absolute atomic E-state index is 11.9. The van der Waals surface area contributed by atoms with Crippen molar-refractivity contribution in [1.29, 1.82) is 0 Å². The highest BCUT2D eigenvalue weighted by Gasteiger charge is 2.14. The van der Waals surface area contributed by atoms with Gasteiger partial charge in [-0.15, -0.1) is 0 Å². The van der Waals surface area contributed by atoms with E-state index in [2.05, 4.69) is 97.6 Å². The molecule has 6 nitrogen and oxygen atoms in total. The van der Waals surface area contributed by atoms with Gasteiger partial charge in [0.15, 0.2) is 12.4 Å². The van der Waals surface area contributed by atoms with E-state index in [1.54, 1.807) is 19.2 Å². The number of Topliss-reactive ketones (excluding diaryl/α,β-unsaturated/α-hetero) is 1. The van der Waals surface area contributed by atoms with Gasteiger partial charge in [0, 0.05) is 17.1 Å². The van der Waals surface area contributed by atoms with Gasteiger partial charge >= 0.3 is 6.16 Å². The topological polar surface area (TPSA) is 65.1 Å². The molecule has 0 aliphatic carbocycles. The van der Waals surface area contributed by atoms with E-state index >= 15 is 0 Å². The standard InChI is InChI=1S/C39H35NO5/c1-27-5-15-33(16-6-27)40(34-17-7-28(2)8-18-34)35-19-9-30(10-20-35)25-38(31-11-21-36(43-4)22-12-31)32-13-23-37(24-14-32)45-39(42)44-26-29(3)41/h5-25H,26H2,1-4H3/b38-25+. The van der Waals surface area contributed by atoms with Crippen LogP contribution in [0.1, 0.15) is 34.7 Å². The fourth-order valence-corrected chi connectivity index (χ4v) is 4.81. The number of hydrogen-bond donors (Lipinski definition) is 0. The van der Waals surface area contributed by atoms with E-state index in [0.29, 0.717) is 5.75 Å². The molecule has 0 atom stereocenters. The number of methoxy groups -OCH3 is 1. The zero-order valence-electron chi connectivity index (χ0n) is 25.8. The summed E-state index contributed by atoms with van der Waals surface area (Å²) >= 11 is 0. The molecule has 0 aliphatic heterocycles. The van der Waals surface area contributed by atoms with Crippen molar-refractivity contribution in [3.05, 3.63) is 149 Å². The molecule has 0 radical (unpaired) electrons. The molecule has 0 fully saturated rings. The zero-order valence-corrected chi connectivity index (χ0v) is 25.8. The third kappa shape index (κ3) is 8.06. The fourth-order valence-electron chi connectivity index (χ4n) is 4.81. The summed E-state index contributed by atoms with van der Waals surface area (Å²) in [6, 6.07) is 40.6. The predicted molar refractivity (Wildman–Crippen MR) is 180 cm³/mol. The quantitative estimate of drug-likeness (QED) is 0.0908. The lowest BCUT2D eigenvalue weighted by Crippen LogP contribution is -2.15. The number of aryl methyl sites for hydroxylation is 2. The summed E-state index contributed by atoms with van der Waals surface area (Å²) in [4.78, 5) is 25.3. The van der Waals surface area contributed by atoms with Crippen molar-refractivity contribution in [1.82, 2.24) is 0 Å². The molecule has 0 unspecified atom stereocenters. The second-order valence-corrected chi connectivity index (χ2v) is 10.8. The first-order valence-corrected chi connectivity index (χ1v) is 14.6. The van der Waals surface area contributed by atoms with Crippen molar-refractivity contribution in [3.8, 4) is 11.5 Å². The summed E-state index contributed by atoms with van der Waals surface area (Å²) in [5.41, 5.74) is 9.55. The molecule has 5 aromatic carbocycles. The summed E-state index contributed by atoms with van der Waals surface area (Å²) in [5.74, 6) is 0.822. The third-order valence-corrected chi connectivity index (χ3v) is 7.21. The molecule has 0 N–H and O–H groups in total. The highest BCUT2D eigenvalue weighted by atomic mass is 16.7. The predicted octanol–water partition coefficient (Wildman–Crippen LogP) is 9.48. The monoisotopic (exact) mass is 597 g/mol. The Labute approximate surface area is 264 Å². The highest BCUT2D eigenvalue weighted by Crippen LogP contribution is 2.36. The molecular weight excluding hydrogens is 562 g/mol. The average Bonchev–Trinajstić information content (AvgIpc) is 3.06. The Morgan fingerprint density at radius 1 is 0.622 bits per heavy atom. The van der Waals surface area contributed by atoms with E-state index in [0.717, 1.165) is 45.1 Å². The summed E-state index contributed by atoms with van der Waals surface area (Å²) in [6.07, 6.45) is 1.21. The SMILES string of the molecule is COc1ccc(/C(=C\c2ccc(N(c3ccc(C)cc3)c3ccc(C)cc3)cc2)c2ccc(OC(=O)OCC(C)=O)cc2)cc1. The lowest BCUT2D eigenvalue weighted by Gasteiger charge is -2.26. The minimum atomic E-state index is -0.922. The summed E-state index contributed by atoms with van der Waals surface area (Å²) < 4.78 is 15.4. The van der Waals surface area contributed by atoms with Crippen LogP contribution in [0.15, 0.2) is 121 Å². The van der Waals surface area contributed by atoms with E-state index in [1.165, 1.54) is 18.1 Å². The minimum Gasteiger partial charge on any atom is -0.497 e. The van der Waals surface area contributed by atoms with Crippen LogP contribution in [0.5, 0.6) is 11.5 Å². The maximum atomic E-state index is 11.9. The van der Waals surface area contributed by atoms with Gasteiger partial charge in [-0.2, -0.15) is 0 Å². The molecule has 0 aliphatic rings. The Hall–Kier alpha value is -5.62. The van der Waals surface area contributed by atoms with Crippen LogP contribution >= 0.6 is 0 Å². The summed E-state index contributed by atoms with van der Waals surface area (Å²) in [7, 11) is 1.64. The van der Waals surface area contributed by atoms with Crippen LogP contribution < -0.4 is 14.4 Å². The van der Waals surface area contributed by atoms with Crippen LogP contribution in [0.4, 0.5) is 21.9 Å². The van der Waals surface area contributed by atoms with Gasteiger partial charge in [0.05, 0.1) is 7.11 Å². The summed E-state index contributed by atoms with van der Waals surface area (Å²) in [5, 5.41) is 0. The van der Waals surface area contributed by atoms with Gasteiger partial charge in [-0.3, -0.25) is 4.79 Å². The van der Waals surface area contributed by atoms with Crippen molar-refractivity contribution >= 4 is 40.6 Å². The van der Waals surface area contributed by atoms with Crippen molar-refractivity contribution in [2.75, 3.05) is 18.6 Å². The number of rotatable bonds is 10. The van der Waals surface area contributed by atoms with E-state index in [-0.39, 0.29) is 12.4 Å². The molecule has 226 valence electrons. The van der Waals surface area contributed by atoms with E-state index in [9.17, 15) is 9.59 Å². The van der Waals surface area contributed by atoms with Crippen LogP contribution in [0, 0.1) is 13.8 Å². The van der Waals surface area contributed by atoms with E-state index in [4.69, 9.17) is 14.2 Å². The molecule has 5 rings (SSSR count). The Bertz CT molecular complexity index is 1730. The molecule has 5 aromatic rings. The average molecular weight is 598 g/mol. The van der Waals surface area contributed by atoms with Crippen molar-refractivity contribution < 1.29 is 23.8 Å². The van der Waals surface area contributed by atoms with E-state index in [1.807, 2.05) is 36.4 Å². The number of benzene rings is 5. The van der Waals surface area contributed by atoms with E-state index < -0.39 is 6.16 Å². The van der Waals surface area contributed by atoms with Gasteiger partial charge in [-0.05, 0) is 110 Å². The van der Waals surface area contributed by atoms with Crippen LogP contribution in [0.2, 0.25) is 0 Å². The number of ether oxygens (including phenoxy) is 3. The first kappa shape index (κ1) is 30.8. The minimum absolute atomic E-state index is 0.261. The van der Waals surface area contributed by atoms with Crippen molar-refractivity contribution in [2.24, 2.45) is 0 Å². The molecule has 45 heavy (non-hydrogen) atoms. The van der Waals surface area contributed by atoms with Gasteiger partial charge in [-0.25, -0.2) is 4.79 Å². The Balaban J connectivity index is 1.47. The molecule has 0 aromatic heterocycles. The number of anilines is 3. The smallest absolute Gasteiger partial charge is 0.497 e. The second-order valence-electron chi connectivity index (χ2n) is 10.8. The normalized spacial score (nSPS) is 11.1. The first-order valence-electron chi connectivity index (χ1n) is 14.6. The molecule has 0 saturated carbocycles. The first-order chi connectivity index (χ1) is 21.8. The van der Waals surface area contributed by atoms with Crippen LogP contribution in [-0.2, 0) is 9.53 Å². The lowest BCUT2D eigenvalue weighted by atomic mass is 9.95. The Kier molecular flexibility index (Phi) is 9.75. The molecular formula is C39H35NO5. The van der Waals surface area contributed by atoms with Gasteiger partial charge in [0.2, 0.25) is 0 Å². The van der Waals surface area contributed by atoms with Gasteiger partial charge in [0.25, 0.3) is 0 Å². The largest absolute Gasteiger partial charge is 0.514 e. The fraction of sp³-hybridized carbons (Fsp3) is 0.128. The Morgan fingerprint density at radius 2 is 1.07 bits per heavy atom. The van der Waals surface area contributed by atoms with Crippen molar-refractivity contribution in [2.45, 2.75) is 20.8 Å². The van der Waals surface area contributed by atoms with Crippen LogP contribution in [0.25, 0.3) is 11.6 Å². The van der Waals surface area contributed by atoms with Gasteiger partial charge in [-0.1, -0.05) is 71.8 Å². The second kappa shape index (κ2) is 14.2. The number of carbonyl (C=O) groups excluding carboxylic acids is 2. The Morgan fingerprint density at radius 3 is 1.51 bits per heavy atom. The number of ketones is 1. The number of nitrogens with zero attached hydrogens (tertiary/aromatic N) is 1.